The number of nitrogens with zero attached hydrogens (tertiary/aromatic N) is 3. The number of fused-ring (bicyclic) bond motifs is 1. The molecule has 1 saturated carbocycles. The molecule has 0 saturated heterocycles. The Morgan fingerprint density at radius 2 is 2.04 bits per heavy atom. The Bertz CT molecular complexity index is 967. The lowest BCUT2D eigenvalue weighted by atomic mass is 9.97. The second kappa shape index (κ2) is 5.89. The molecule has 25 heavy (non-hydrogen) atoms. The van der Waals surface area contributed by atoms with Gasteiger partial charge in [0.1, 0.15) is 11.9 Å². The third-order valence-electron chi connectivity index (χ3n) is 4.60. The van der Waals surface area contributed by atoms with Gasteiger partial charge < -0.3 is 5.73 Å². The molecule has 124 valence electrons. The second-order valence-electron chi connectivity index (χ2n) is 6.32. The smallest absolute Gasteiger partial charge is 0.163 e. The summed E-state index contributed by atoms with van der Waals surface area (Å²) in [5, 5.41) is 6.27. The summed E-state index contributed by atoms with van der Waals surface area (Å²) in [5.74, 6) is 1.80. The van der Waals surface area contributed by atoms with Gasteiger partial charge in [0.25, 0.3) is 0 Å². The van der Waals surface area contributed by atoms with Crippen LogP contribution in [0.3, 0.4) is 0 Å². The van der Waals surface area contributed by atoms with Crippen LogP contribution < -0.4 is 5.73 Å². The minimum atomic E-state index is -0.254. The Kier molecular flexibility index (Phi) is 3.53. The minimum absolute atomic E-state index is 0.254. The number of amidine groups is 1. The van der Waals surface area contributed by atoms with Gasteiger partial charge in [-0.25, -0.2) is 9.98 Å². The Balaban J connectivity index is 1.78. The first kappa shape index (κ1) is 15.0. The summed E-state index contributed by atoms with van der Waals surface area (Å²) in [6.45, 7) is 0. The fourth-order valence-electron chi connectivity index (χ4n) is 3.24. The molecule has 1 aliphatic carbocycles. The summed E-state index contributed by atoms with van der Waals surface area (Å²) in [6.07, 6.45) is 4.29. The van der Waals surface area contributed by atoms with Crippen LogP contribution >= 0.6 is 22.7 Å². The van der Waals surface area contributed by atoms with Gasteiger partial charge in [-0.05, 0) is 53.3 Å². The van der Waals surface area contributed by atoms with Gasteiger partial charge in [0.15, 0.2) is 5.82 Å². The van der Waals surface area contributed by atoms with Gasteiger partial charge in [0.05, 0.1) is 5.71 Å². The van der Waals surface area contributed by atoms with E-state index in [0.29, 0.717) is 17.6 Å². The number of rotatable bonds is 3. The summed E-state index contributed by atoms with van der Waals surface area (Å²) in [4.78, 5) is 15.4. The summed E-state index contributed by atoms with van der Waals surface area (Å²) in [6, 6.07) is 8.08. The molecule has 1 unspecified atom stereocenters. The van der Waals surface area contributed by atoms with Crippen LogP contribution in [-0.2, 0) is 0 Å². The van der Waals surface area contributed by atoms with Gasteiger partial charge >= 0.3 is 0 Å². The zero-order chi connectivity index (χ0) is 16.8. The largest absolute Gasteiger partial charge is 0.385 e. The molecule has 0 spiro atoms. The molecule has 3 aromatic rings. The molecule has 0 radical (unpaired) electrons. The highest BCUT2D eigenvalue weighted by Crippen LogP contribution is 2.45. The lowest BCUT2D eigenvalue weighted by Crippen LogP contribution is -2.20. The Hall–Kier alpha value is -2.31. The molecule has 2 aliphatic rings. The molecule has 0 amide bonds. The second-order valence-corrected chi connectivity index (χ2v) is 8.08. The molecule has 4 heterocycles. The third kappa shape index (κ3) is 2.62. The highest BCUT2D eigenvalue weighted by atomic mass is 32.1. The highest BCUT2D eigenvalue weighted by molar-refractivity contribution is 7.10. The minimum Gasteiger partial charge on any atom is -0.385 e. The van der Waals surface area contributed by atoms with Crippen molar-refractivity contribution >= 4 is 40.0 Å². The molecule has 1 atom stereocenters. The van der Waals surface area contributed by atoms with E-state index in [4.69, 9.17) is 10.7 Å². The number of aliphatic imine (C=N–C) groups is 2. The lowest BCUT2D eigenvalue weighted by molar-refractivity contribution is 0.977. The topological polar surface area (TPSA) is 63.6 Å². The summed E-state index contributed by atoms with van der Waals surface area (Å²) in [7, 11) is 0. The maximum atomic E-state index is 6.35. The van der Waals surface area contributed by atoms with Crippen molar-refractivity contribution in [2.24, 2.45) is 15.7 Å². The van der Waals surface area contributed by atoms with Gasteiger partial charge in [0.2, 0.25) is 0 Å². The van der Waals surface area contributed by atoms with E-state index in [-0.39, 0.29) is 6.04 Å². The van der Waals surface area contributed by atoms with E-state index in [2.05, 4.69) is 38.9 Å². The van der Waals surface area contributed by atoms with Crippen LogP contribution in [0.25, 0.3) is 0 Å². The van der Waals surface area contributed by atoms with Gasteiger partial charge in [-0.15, -0.1) is 11.3 Å². The van der Waals surface area contributed by atoms with Crippen LogP contribution in [0.5, 0.6) is 0 Å². The first-order valence-corrected chi connectivity index (χ1v) is 10.1. The van der Waals surface area contributed by atoms with E-state index in [9.17, 15) is 0 Å². The quantitative estimate of drug-likeness (QED) is 0.734. The average Bonchev–Trinajstić information content (AvgIpc) is 3.11. The molecule has 0 bridgehead atoms. The van der Waals surface area contributed by atoms with Gasteiger partial charge in [-0.2, -0.15) is 11.3 Å². The van der Waals surface area contributed by atoms with Crippen LogP contribution in [0.4, 0.5) is 5.82 Å². The third-order valence-corrected chi connectivity index (χ3v) is 6.21. The molecule has 1 fully saturated rings. The normalized spacial score (nSPS) is 19.8. The van der Waals surface area contributed by atoms with Crippen molar-refractivity contribution in [1.82, 2.24) is 4.98 Å². The first-order chi connectivity index (χ1) is 12.3. The number of hydrogen-bond donors (Lipinski definition) is 1. The van der Waals surface area contributed by atoms with Gasteiger partial charge in [-0.3, -0.25) is 4.99 Å². The fraction of sp³-hybridized carbons (Fsp3) is 0.211. The van der Waals surface area contributed by atoms with Crippen LogP contribution in [0, 0.1) is 0 Å². The molecule has 6 heteroatoms. The van der Waals surface area contributed by atoms with Crippen molar-refractivity contribution < 1.29 is 0 Å². The zero-order valence-corrected chi connectivity index (χ0v) is 15.1. The van der Waals surface area contributed by atoms with E-state index in [1.54, 1.807) is 22.7 Å². The van der Waals surface area contributed by atoms with Crippen LogP contribution in [0.15, 0.2) is 56.6 Å². The maximum Gasteiger partial charge on any atom is 0.163 e. The maximum absolute atomic E-state index is 6.35. The Labute approximate surface area is 153 Å². The van der Waals surface area contributed by atoms with Crippen molar-refractivity contribution in [2.45, 2.75) is 24.8 Å². The fourth-order valence-corrected chi connectivity index (χ4v) is 4.66. The Morgan fingerprint density at radius 3 is 2.76 bits per heavy atom. The van der Waals surface area contributed by atoms with Crippen molar-refractivity contribution in [3.05, 3.63) is 68.2 Å². The van der Waals surface area contributed by atoms with Crippen LogP contribution in [0.1, 0.15) is 46.4 Å². The number of thiophene rings is 2. The van der Waals surface area contributed by atoms with E-state index < -0.39 is 0 Å². The molecular formula is C19H16N4S2. The van der Waals surface area contributed by atoms with Crippen molar-refractivity contribution in [3.63, 3.8) is 0 Å². The molecule has 4 nitrogen and oxygen atoms in total. The van der Waals surface area contributed by atoms with Gasteiger partial charge in [-0.1, -0.05) is 6.07 Å². The predicted octanol–water partition coefficient (Wildman–Crippen LogP) is 4.66. The molecule has 2 N–H and O–H groups in total. The lowest BCUT2D eigenvalue weighted by Gasteiger charge is -2.13. The van der Waals surface area contributed by atoms with E-state index >= 15 is 0 Å². The monoisotopic (exact) mass is 364 g/mol. The molecule has 5 rings (SSSR count). The molecule has 1 aliphatic heterocycles. The van der Waals surface area contributed by atoms with Crippen LogP contribution in [0.2, 0.25) is 0 Å². The summed E-state index contributed by atoms with van der Waals surface area (Å²) >= 11 is 3.33. The summed E-state index contributed by atoms with van der Waals surface area (Å²) < 4.78 is 0. The number of nitrogens with two attached hydrogens (primary N) is 1. The standard InChI is InChI=1S/C19H16N4S2/c20-18-17(14-2-1-8-25-14)22-16(12-6-9-24-10-12)15-13(11-3-4-11)5-7-21-19(15)23-18/h1-2,5-11,17H,3-4H2,(H2,20,21,23). The molecular weight excluding hydrogens is 348 g/mol. The Morgan fingerprint density at radius 1 is 1.12 bits per heavy atom. The molecule has 3 aromatic heterocycles. The summed E-state index contributed by atoms with van der Waals surface area (Å²) in [5.41, 5.74) is 10.8. The number of hydrogen-bond acceptors (Lipinski definition) is 6. The average molecular weight is 364 g/mol. The highest BCUT2D eigenvalue weighted by Gasteiger charge is 2.32. The molecule has 0 aromatic carbocycles. The number of aromatic nitrogens is 1. The SMILES string of the molecule is NC1=Nc2nccc(C3CC3)c2C(c2ccsc2)=NC1c1cccs1. The van der Waals surface area contributed by atoms with Crippen molar-refractivity contribution in [1.29, 1.82) is 0 Å². The number of pyridine rings is 1. The van der Waals surface area contributed by atoms with E-state index in [0.717, 1.165) is 21.7 Å². The zero-order valence-electron chi connectivity index (χ0n) is 13.4. The van der Waals surface area contributed by atoms with Gasteiger partial charge in [0, 0.05) is 27.6 Å². The van der Waals surface area contributed by atoms with E-state index in [1.165, 1.54) is 18.4 Å². The first-order valence-electron chi connectivity index (χ1n) is 8.28. The van der Waals surface area contributed by atoms with E-state index in [1.807, 2.05) is 17.6 Å². The predicted molar refractivity (Wildman–Crippen MR) is 105 cm³/mol. The van der Waals surface area contributed by atoms with Crippen molar-refractivity contribution in [2.75, 3.05) is 0 Å². The van der Waals surface area contributed by atoms with Crippen LogP contribution in [-0.4, -0.2) is 16.5 Å². The van der Waals surface area contributed by atoms with Crippen molar-refractivity contribution in [3.8, 4) is 0 Å².